The highest BCUT2D eigenvalue weighted by molar-refractivity contribution is 5.94. The number of aliphatic hydroxyl groups excluding tert-OH is 1. The Kier molecular flexibility index (Phi) is 6.42. The highest BCUT2D eigenvalue weighted by Crippen LogP contribution is 2.66. The highest BCUT2D eigenvalue weighted by atomic mass is 16.8. The zero-order valence-corrected chi connectivity index (χ0v) is 24.5. The number of esters is 2. The van der Waals surface area contributed by atoms with Crippen LogP contribution in [0.15, 0.2) is 41.5 Å². The molecule has 9 atom stereocenters. The van der Waals surface area contributed by atoms with Crippen LogP contribution in [0.1, 0.15) is 57.8 Å². The molecule has 0 amide bonds. The van der Waals surface area contributed by atoms with Gasteiger partial charge in [-0.15, -0.1) is 0 Å². The summed E-state index contributed by atoms with van der Waals surface area (Å²) in [5.41, 5.74) is -4.79. The molecule has 1 aromatic rings. The van der Waals surface area contributed by atoms with Gasteiger partial charge in [0.15, 0.2) is 23.6 Å². The number of carbonyl (C=O) groups excluding carboxylic acids is 4. The summed E-state index contributed by atoms with van der Waals surface area (Å²) in [5, 5.41) is 11.7. The van der Waals surface area contributed by atoms with Gasteiger partial charge in [-0.2, -0.15) is 0 Å². The number of ketones is 1. The number of Topliss-reactive ketones (excluding diaryl/α,β-unsaturated/α-hetero) is 1. The molecule has 1 spiro atoms. The molecule has 0 aromatic heterocycles. The second-order valence-corrected chi connectivity index (χ2v) is 12.8. The second kappa shape index (κ2) is 9.36. The Hall–Kier alpha value is -3.28. The number of fused-ring (bicyclic) bond motifs is 4. The van der Waals surface area contributed by atoms with E-state index in [9.17, 15) is 24.3 Å². The van der Waals surface area contributed by atoms with Crippen molar-refractivity contribution in [1.29, 1.82) is 0 Å². The van der Waals surface area contributed by atoms with E-state index in [1.807, 2.05) is 0 Å². The molecule has 11 heteroatoms. The van der Waals surface area contributed by atoms with E-state index in [-0.39, 0.29) is 24.4 Å². The molecular formula is C31H36O11. The molecule has 5 aliphatic rings. The molecule has 1 aromatic carbocycles. The molecule has 226 valence electrons. The predicted octanol–water partition coefficient (Wildman–Crippen LogP) is 2.92. The van der Waals surface area contributed by atoms with Crippen LogP contribution in [-0.2, 0) is 38.0 Å². The van der Waals surface area contributed by atoms with Gasteiger partial charge >= 0.3 is 18.1 Å². The third-order valence-electron chi connectivity index (χ3n) is 10.5. The third kappa shape index (κ3) is 3.50. The number of aliphatic hydroxyl groups is 1. The second-order valence-electron chi connectivity index (χ2n) is 12.8. The monoisotopic (exact) mass is 584 g/mol. The Morgan fingerprint density at radius 2 is 1.79 bits per heavy atom. The lowest BCUT2D eigenvalue weighted by atomic mass is 9.45. The summed E-state index contributed by atoms with van der Waals surface area (Å²) in [5.74, 6) is -2.73. The van der Waals surface area contributed by atoms with Gasteiger partial charge in [0.05, 0.1) is 18.1 Å². The lowest BCUT2D eigenvalue weighted by Crippen LogP contribution is -2.81. The normalized spacial score (nSPS) is 41.5. The minimum atomic E-state index is -1.85. The fourth-order valence-corrected chi connectivity index (χ4v) is 8.61. The van der Waals surface area contributed by atoms with Crippen molar-refractivity contribution in [2.24, 2.45) is 16.7 Å². The summed E-state index contributed by atoms with van der Waals surface area (Å²) in [6.45, 7) is 8.13. The van der Waals surface area contributed by atoms with E-state index in [1.54, 1.807) is 58.0 Å². The summed E-state index contributed by atoms with van der Waals surface area (Å²) < 4.78 is 36.1. The Balaban J connectivity index is 1.69. The lowest BCUT2D eigenvalue weighted by Gasteiger charge is -2.66. The van der Waals surface area contributed by atoms with Gasteiger partial charge in [-0.25, -0.2) is 9.59 Å². The Labute approximate surface area is 243 Å². The van der Waals surface area contributed by atoms with Gasteiger partial charge in [-0.3, -0.25) is 9.59 Å². The van der Waals surface area contributed by atoms with Crippen LogP contribution in [0.5, 0.6) is 0 Å². The largest absolute Gasteiger partial charge is 0.509 e. The van der Waals surface area contributed by atoms with Crippen molar-refractivity contribution in [2.75, 3.05) is 13.7 Å². The van der Waals surface area contributed by atoms with E-state index in [0.29, 0.717) is 17.6 Å². The van der Waals surface area contributed by atoms with Crippen LogP contribution in [-0.4, -0.2) is 84.4 Å². The van der Waals surface area contributed by atoms with Gasteiger partial charge in [0.2, 0.25) is 5.60 Å². The molecule has 2 aliphatic heterocycles. The van der Waals surface area contributed by atoms with E-state index in [4.69, 9.17) is 28.4 Å². The Bertz CT molecular complexity index is 1380. The van der Waals surface area contributed by atoms with Crippen molar-refractivity contribution in [3.63, 3.8) is 0 Å². The average Bonchev–Trinajstić information content (AvgIpc) is 3.30. The molecule has 2 saturated carbocycles. The number of rotatable bonds is 4. The van der Waals surface area contributed by atoms with E-state index in [2.05, 4.69) is 0 Å². The van der Waals surface area contributed by atoms with Crippen LogP contribution in [0.3, 0.4) is 0 Å². The van der Waals surface area contributed by atoms with Crippen LogP contribution < -0.4 is 0 Å². The van der Waals surface area contributed by atoms with Gasteiger partial charge < -0.3 is 33.5 Å². The van der Waals surface area contributed by atoms with Gasteiger partial charge in [0.25, 0.3) is 0 Å². The smallest absolute Gasteiger partial charge is 0.454 e. The maximum atomic E-state index is 14.8. The minimum Gasteiger partial charge on any atom is -0.454 e. The van der Waals surface area contributed by atoms with Crippen LogP contribution in [0.4, 0.5) is 4.79 Å². The van der Waals surface area contributed by atoms with Crippen molar-refractivity contribution in [2.45, 2.75) is 89.2 Å². The van der Waals surface area contributed by atoms with Crippen LogP contribution >= 0.6 is 0 Å². The quantitative estimate of drug-likeness (QED) is 0.317. The summed E-state index contributed by atoms with van der Waals surface area (Å²) in [4.78, 5) is 54.4. The van der Waals surface area contributed by atoms with Crippen molar-refractivity contribution < 1.29 is 52.7 Å². The number of carbonyl (C=O) groups is 4. The van der Waals surface area contributed by atoms with E-state index < -0.39 is 76.6 Å². The molecule has 2 saturated heterocycles. The molecule has 0 unspecified atom stereocenters. The number of methoxy groups -OCH3 is 1. The average molecular weight is 585 g/mol. The first-order chi connectivity index (χ1) is 19.8. The number of benzene rings is 1. The minimum absolute atomic E-state index is 0.0674. The topological polar surface area (TPSA) is 144 Å². The summed E-state index contributed by atoms with van der Waals surface area (Å²) in [6.07, 6.45) is -6.27. The zero-order chi connectivity index (χ0) is 30.4. The van der Waals surface area contributed by atoms with E-state index in [0.717, 1.165) is 0 Å². The van der Waals surface area contributed by atoms with Gasteiger partial charge in [-0.05, 0) is 43.0 Å². The Morgan fingerprint density at radius 3 is 2.38 bits per heavy atom. The zero-order valence-electron chi connectivity index (χ0n) is 24.5. The molecule has 0 radical (unpaired) electrons. The van der Waals surface area contributed by atoms with Crippen LogP contribution in [0, 0.1) is 16.7 Å². The third-order valence-corrected chi connectivity index (χ3v) is 10.5. The molecule has 2 heterocycles. The molecule has 4 fully saturated rings. The van der Waals surface area contributed by atoms with Crippen molar-refractivity contribution >= 4 is 23.9 Å². The van der Waals surface area contributed by atoms with Crippen molar-refractivity contribution in [3.05, 3.63) is 47.0 Å². The lowest BCUT2D eigenvalue weighted by molar-refractivity contribution is -0.332. The van der Waals surface area contributed by atoms with Crippen LogP contribution in [0.2, 0.25) is 0 Å². The van der Waals surface area contributed by atoms with Crippen molar-refractivity contribution in [1.82, 2.24) is 0 Å². The molecule has 6 rings (SSSR count). The SMILES string of the molecule is CO[C@H]1C(=O)[C@]2(C)CC[C@H]3OC[C@@]3(OC(C)=O)[C@H]2[C@H](OC(=O)c2ccccc2)[C@]23OC(=O)O[C@H]2[C@H](O)C(C)=C1C3(C)C. The van der Waals surface area contributed by atoms with Crippen LogP contribution in [0.25, 0.3) is 0 Å². The standard InChI is InChI=1S/C31H36O11/c1-15-19-21(37-6)23(34)29(5)13-12-18-30(14-38-18,41-16(2)32)22(29)25(39-26(35)17-10-8-7-9-11-17)31(28(19,3)4)24(20(15)33)40-27(36)42-31/h7-11,18,20-22,24-25,33H,12-14H2,1-6H3/t18-,20-,21-,22+,24+,25+,29-,30+,31-/m1/s1. The van der Waals surface area contributed by atoms with Gasteiger partial charge in [0.1, 0.15) is 18.3 Å². The molecule has 2 bridgehead atoms. The van der Waals surface area contributed by atoms with E-state index >= 15 is 0 Å². The molecule has 3 aliphatic carbocycles. The summed E-state index contributed by atoms with van der Waals surface area (Å²) in [6, 6.07) is 8.28. The van der Waals surface area contributed by atoms with Gasteiger partial charge in [-0.1, -0.05) is 39.0 Å². The maximum Gasteiger partial charge on any atom is 0.509 e. The predicted molar refractivity (Wildman–Crippen MR) is 143 cm³/mol. The fourth-order valence-electron chi connectivity index (χ4n) is 8.61. The fraction of sp³-hybridized carbons (Fsp3) is 0.613. The first-order valence-electron chi connectivity index (χ1n) is 14.2. The first kappa shape index (κ1) is 28.8. The molecular weight excluding hydrogens is 548 g/mol. The summed E-state index contributed by atoms with van der Waals surface area (Å²) in [7, 11) is 1.41. The number of hydrogen-bond donors (Lipinski definition) is 1. The summed E-state index contributed by atoms with van der Waals surface area (Å²) >= 11 is 0. The molecule has 11 nitrogen and oxygen atoms in total. The Morgan fingerprint density at radius 1 is 1.10 bits per heavy atom. The molecule has 42 heavy (non-hydrogen) atoms. The molecule has 1 N–H and O–H groups in total. The van der Waals surface area contributed by atoms with Gasteiger partial charge in [0, 0.05) is 24.9 Å². The first-order valence-corrected chi connectivity index (χ1v) is 14.2. The maximum absolute atomic E-state index is 14.8. The highest BCUT2D eigenvalue weighted by Gasteiger charge is 2.81. The number of ether oxygens (including phenoxy) is 6. The number of hydrogen-bond acceptors (Lipinski definition) is 11. The van der Waals surface area contributed by atoms with E-state index in [1.165, 1.54) is 14.0 Å². The van der Waals surface area contributed by atoms with Crippen molar-refractivity contribution in [3.8, 4) is 0 Å².